The molecular weight excluding hydrogens is 470 g/mol. The number of hydrogen-bond donors (Lipinski definition) is 1. The summed E-state index contributed by atoms with van der Waals surface area (Å²) in [5, 5.41) is 6.94. The summed E-state index contributed by atoms with van der Waals surface area (Å²) < 4.78 is 35.4. The Morgan fingerprint density at radius 1 is 0.917 bits per heavy atom. The maximum absolute atomic E-state index is 12.6. The summed E-state index contributed by atoms with van der Waals surface area (Å²) in [6.07, 6.45) is 0.456. The van der Waals surface area contributed by atoms with E-state index >= 15 is 0 Å². The van der Waals surface area contributed by atoms with Crippen molar-refractivity contribution < 1.29 is 27.8 Å². The number of nitrogens with one attached hydrogen (secondary N) is 1. The summed E-state index contributed by atoms with van der Waals surface area (Å²) in [5.74, 6) is -0.971. The number of halogens is 2. The first-order valence-corrected chi connectivity index (χ1v) is 11.0. The number of aromatic nitrogens is 3. The van der Waals surface area contributed by atoms with E-state index in [1.54, 1.807) is 16.8 Å². The van der Waals surface area contributed by atoms with E-state index in [0.717, 1.165) is 16.8 Å². The second kappa shape index (κ2) is 11.7. The molecule has 10 heteroatoms. The standard InChI is InChI=1S/C26H22F2N4O4/c27-26(28)36-21-13-11-18(12-14-21)15-16-29-22(33)17-35-25(34)23-30-24(19-7-3-1-4-8-19)32(31-23)20-9-5-2-6-10-20/h1-14,26H,15-17H2,(H,29,33). The quantitative estimate of drug-likeness (QED) is 0.336. The number of carbonyl (C=O) groups excluding carboxylic acids is 2. The number of benzene rings is 3. The van der Waals surface area contributed by atoms with Crippen LogP contribution in [0.4, 0.5) is 8.78 Å². The predicted molar refractivity (Wildman–Crippen MR) is 127 cm³/mol. The number of esters is 1. The van der Waals surface area contributed by atoms with E-state index in [4.69, 9.17) is 4.74 Å². The average molecular weight is 492 g/mol. The van der Waals surface area contributed by atoms with E-state index in [9.17, 15) is 18.4 Å². The van der Waals surface area contributed by atoms with E-state index in [2.05, 4.69) is 20.1 Å². The fourth-order valence-corrected chi connectivity index (χ4v) is 3.35. The Morgan fingerprint density at radius 2 is 1.58 bits per heavy atom. The van der Waals surface area contributed by atoms with Crippen molar-refractivity contribution in [2.24, 2.45) is 0 Å². The fraction of sp³-hybridized carbons (Fsp3) is 0.154. The largest absolute Gasteiger partial charge is 0.450 e. The van der Waals surface area contributed by atoms with Crippen molar-refractivity contribution >= 4 is 11.9 Å². The smallest absolute Gasteiger partial charge is 0.387 e. The van der Waals surface area contributed by atoms with E-state index in [1.807, 2.05) is 60.7 Å². The Labute approximate surface area is 205 Å². The van der Waals surface area contributed by atoms with Crippen molar-refractivity contribution in [3.63, 3.8) is 0 Å². The molecule has 0 radical (unpaired) electrons. The van der Waals surface area contributed by atoms with Crippen LogP contribution < -0.4 is 10.1 Å². The van der Waals surface area contributed by atoms with Gasteiger partial charge in [0.1, 0.15) is 5.75 Å². The highest BCUT2D eigenvalue weighted by Gasteiger charge is 2.20. The van der Waals surface area contributed by atoms with Gasteiger partial charge in [-0.3, -0.25) is 4.79 Å². The molecule has 0 fully saturated rings. The molecular formula is C26H22F2N4O4. The van der Waals surface area contributed by atoms with Crippen LogP contribution in [0, 0.1) is 0 Å². The molecule has 36 heavy (non-hydrogen) atoms. The zero-order chi connectivity index (χ0) is 25.3. The number of rotatable bonds is 10. The minimum absolute atomic E-state index is 0.0587. The van der Waals surface area contributed by atoms with Gasteiger partial charge in [0.05, 0.1) is 5.69 Å². The van der Waals surface area contributed by atoms with Gasteiger partial charge in [-0.1, -0.05) is 60.7 Å². The summed E-state index contributed by atoms with van der Waals surface area (Å²) >= 11 is 0. The van der Waals surface area contributed by atoms with E-state index in [0.29, 0.717) is 12.2 Å². The molecule has 0 aliphatic heterocycles. The van der Waals surface area contributed by atoms with Crippen molar-refractivity contribution in [1.82, 2.24) is 20.1 Å². The van der Waals surface area contributed by atoms with Gasteiger partial charge in [-0.25, -0.2) is 14.5 Å². The average Bonchev–Trinajstić information content (AvgIpc) is 3.35. The number of ether oxygens (including phenoxy) is 2. The Hall–Kier alpha value is -4.60. The molecule has 1 aromatic heterocycles. The number of alkyl halides is 2. The molecule has 0 spiro atoms. The maximum Gasteiger partial charge on any atom is 0.387 e. The fourth-order valence-electron chi connectivity index (χ4n) is 3.35. The SMILES string of the molecule is O=C(COC(=O)c1nc(-c2ccccc2)n(-c2ccccc2)n1)NCCc1ccc(OC(F)F)cc1. The van der Waals surface area contributed by atoms with Crippen molar-refractivity contribution in [2.75, 3.05) is 13.2 Å². The van der Waals surface area contributed by atoms with Crippen molar-refractivity contribution in [3.05, 3.63) is 96.3 Å². The van der Waals surface area contributed by atoms with E-state index < -0.39 is 25.1 Å². The molecule has 3 aromatic carbocycles. The molecule has 0 unspecified atom stereocenters. The Balaban J connectivity index is 1.33. The van der Waals surface area contributed by atoms with Gasteiger partial charge < -0.3 is 14.8 Å². The molecule has 0 bridgehead atoms. The number of para-hydroxylation sites is 1. The molecule has 1 heterocycles. The van der Waals surface area contributed by atoms with Crippen LogP contribution in [0.15, 0.2) is 84.9 Å². The Morgan fingerprint density at radius 3 is 2.25 bits per heavy atom. The lowest BCUT2D eigenvalue weighted by Gasteiger charge is -2.07. The van der Waals surface area contributed by atoms with Gasteiger partial charge in [-0.05, 0) is 36.2 Å². The summed E-state index contributed by atoms with van der Waals surface area (Å²) in [6, 6.07) is 24.6. The molecule has 4 aromatic rings. The van der Waals surface area contributed by atoms with Gasteiger partial charge in [0.25, 0.3) is 11.7 Å². The lowest BCUT2D eigenvalue weighted by molar-refractivity contribution is -0.124. The van der Waals surface area contributed by atoms with Gasteiger partial charge in [0.2, 0.25) is 0 Å². The van der Waals surface area contributed by atoms with Crippen molar-refractivity contribution in [3.8, 4) is 22.8 Å². The summed E-state index contributed by atoms with van der Waals surface area (Å²) in [5.41, 5.74) is 2.30. The first-order chi connectivity index (χ1) is 17.5. The monoisotopic (exact) mass is 492 g/mol. The Kier molecular flexibility index (Phi) is 7.97. The lowest BCUT2D eigenvalue weighted by atomic mass is 10.1. The third-order valence-electron chi connectivity index (χ3n) is 5.04. The van der Waals surface area contributed by atoms with Crippen molar-refractivity contribution in [1.29, 1.82) is 0 Å². The van der Waals surface area contributed by atoms with Crippen LogP contribution in [0.1, 0.15) is 16.2 Å². The molecule has 0 aliphatic carbocycles. The van der Waals surface area contributed by atoms with E-state index in [-0.39, 0.29) is 18.1 Å². The van der Waals surface area contributed by atoms with Crippen LogP contribution in [0.2, 0.25) is 0 Å². The predicted octanol–water partition coefficient (Wildman–Crippen LogP) is 4.05. The number of hydrogen-bond acceptors (Lipinski definition) is 6. The zero-order valence-corrected chi connectivity index (χ0v) is 19.0. The molecule has 0 saturated heterocycles. The Bertz CT molecular complexity index is 1240. The third-order valence-corrected chi connectivity index (χ3v) is 5.04. The molecule has 0 saturated carbocycles. The van der Waals surface area contributed by atoms with Crippen LogP contribution in [-0.2, 0) is 16.0 Å². The summed E-state index contributed by atoms with van der Waals surface area (Å²) in [7, 11) is 0. The minimum Gasteiger partial charge on any atom is -0.450 e. The highest BCUT2D eigenvalue weighted by atomic mass is 19.3. The van der Waals surface area contributed by atoms with Crippen molar-refractivity contribution in [2.45, 2.75) is 13.0 Å². The van der Waals surface area contributed by atoms with Gasteiger partial charge in [0, 0.05) is 12.1 Å². The molecule has 1 N–H and O–H groups in total. The first-order valence-electron chi connectivity index (χ1n) is 11.0. The third kappa shape index (κ3) is 6.50. The number of carbonyl (C=O) groups is 2. The van der Waals surface area contributed by atoms with Gasteiger partial charge in [-0.2, -0.15) is 8.78 Å². The van der Waals surface area contributed by atoms with E-state index in [1.165, 1.54) is 12.1 Å². The second-order valence-corrected chi connectivity index (χ2v) is 7.57. The lowest BCUT2D eigenvalue weighted by Crippen LogP contribution is -2.30. The van der Waals surface area contributed by atoms with Crippen LogP contribution in [0.5, 0.6) is 5.75 Å². The van der Waals surface area contributed by atoms with Gasteiger partial charge >= 0.3 is 12.6 Å². The molecule has 0 atom stereocenters. The van der Waals surface area contributed by atoms with Gasteiger partial charge in [-0.15, -0.1) is 5.10 Å². The van der Waals surface area contributed by atoms with Crippen LogP contribution in [0.3, 0.4) is 0 Å². The zero-order valence-electron chi connectivity index (χ0n) is 19.0. The molecule has 1 amide bonds. The summed E-state index contributed by atoms with van der Waals surface area (Å²) in [4.78, 5) is 29.0. The highest BCUT2D eigenvalue weighted by molar-refractivity contribution is 5.88. The van der Waals surface area contributed by atoms with Crippen LogP contribution in [-0.4, -0.2) is 46.4 Å². The van der Waals surface area contributed by atoms with Crippen LogP contribution >= 0.6 is 0 Å². The number of nitrogens with zero attached hydrogens (tertiary/aromatic N) is 3. The molecule has 4 rings (SSSR count). The maximum atomic E-state index is 12.6. The molecule has 8 nitrogen and oxygen atoms in total. The van der Waals surface area contributed by atoms with Crippen LogP contribution in [0.25, 0.3) is 17.1 Å². The highest BCUT2D eigenvalue weighted by Crippen LogP contribution is 2.21. The first kappa shape index (κ1) is 24.5. The minimum atomic E-state index is -2.88. The topological polar surface area (TPSA) is 95.3 Å². The summed E-state index contributed by atoms with van der Waals surface area (Å²) in [6.45, 7) is -3.12. The molecule has 184 valence electrons. The van der Waals surface area contributed by atoms with Gasteiger partial charge in [0.15, 0.2) is 12.4 Å². The number of amides is 1. The second-order valence-electron chi connectivity index (χ2n) is 7.57. The normalized spacial score (nSPS) is 10.8. The molecule has 0 aliphatic rings.